The van der Waals surface area contributed by atoms with Gasteiger partial charge in [0.25, 0.3) is 0 Å². The molecule has 0 spiro atoms. The predicted molar refractivity (Wildman–Crippen MR) is 60.9 cm³/mol. The van der Waals surface area contributed by atoms with Crippen molar-refractivity contribution in [2.75, 3.05) is 0 Å². The van der Waals surface area contributed by atoms with Crippen LogP contribution in [-0.4, -0.2) is 10.1 Å². The van der Waals surface area contributed by atoms with Gasteiger partial charge in [-0.15, -0.1) is 0 Å². The second-order valence-electron chi connectivity index (χ2n) is 3.14. The number of halogens is 1. The van der Waals surface area contributed by atoms with Gasteiger partial charge in [0, 0.05) is 10.0 Å². The number of nitrogens with zero attached hydrogens (tertiary/aromatic N) is 1. The predicted octanol–water partition coefficient (Wildman–Crippen LogP) is 2.51. The fourth-order valence-electron chi connectivity index (χ4n) is 1.18. The van der Waals surface area contributed by atoms with Gasteiger partial charge in [-0.3, -0.25) is 0 Å². The molecule has 0 aliphatic rings. The molecule has 0 aliphatic carbocycles. The number of aliphatic hydroxyl groups excluding tert-OH is 1. The molecule has 1 heterocycles. The number of hydrogen-bond donors (Lipinski definition) is 1. The molecule has 0 saturated carbocycles. The Labute approximate surface area is 101 Å². The van der Waals surface area contributed by atoms with Crippen LogP contribution < -0.4 is 4.74 Å². The third kappa shape index (κ3) is 2.62. The Bertz CT molecular complexity index is 470. The molecule has 1 aromatic heterocycles. The lowest BCUT2D eigenvalue weighted by molar-refractivity contribution is 0.219. The van der Waals surface area contributed by atoms with E-state index in [2.05, 4.69) is 20.9 Å². The summed E-state index contributed by atoms with van der Waals surface area (Å²) in [6, 6.07) is 7.74. The largest absolute Gasteiger partial charge is 0.445 e. The third-order valence-electron chi connectivity index (χ3n) is 2.00. The molecule has 0 amide bonds. The molecule has 0 bridgehead atoms. The number of aliphatic hydroxyl groups is 1. The molecule has 0 aliphatic heterocycles. The lowest BCUT2D eigenvalue weighted by Gasteiger charge is -2.03. The van der Waals surface area contributed by atoms with Crippen LogP contribution in [0.3, 0.4) is 0 Å². The van der Waals surface area contributed by atoms with E-state index in [1.807, 2.05) is 24.3 Å². The molecular formula is C11H10BrNO3. The lowest BCUT2D eigenvalue weighted by Crippen LogP contribution is -1.96. The summed E-state index contributed by atoms with van der Waals surface area (Å²) in [6.07, 6.45) is 1.54. The van der Waals surface area contributed by atoms with Gasteiger partial charge >= 0.3 is 6.08 Å². The number of rotatable bonds is 4. The Morgan fingerprint density at radius 1 is 1.38 bits per heavy atom. The molecule has 1 aromatic carbocycles. The summed E-state index contributed by atoms with van der Waals surface area (Å²) in [5.74, 6) is 0. The van der Waals surface area contributed by atoms with E-state index >= 15 is 0 Å². The fourth-order valence-corrected chi connectivity index (χ4v) is 1.58. The topological polar surface area (TPSA) is 55.5 Å². The normalized spacial score (nSPS) is 10.4. The van der Waals surface area contributed by atoms with Gasteiger partial charge in [0.15, 0.2) is 0 Å². The van der Waals surface area contributed by atoms with Gasteiger partial charge < -0.3 is 14.3 Å². The first-order valence-corrected chi connectivity index (χ1v) is 5.50. The Morgan fingerprint density at radius 3 is 2.88 bits per heavy atom. The minimum atomic E-state index is -0.151. The van der Waals surface area contributed by atoms with E-state index < -0.39 is 0 Å². The number of oxazole rings is 1. The zero-order valence-electron chi connectivity index (χ0n) is 8.39. The van der Waals surface area contributed by atoms with E-state index in [0.717, 1.165) is 10.0 Å². The van der Waals surface area contributed by atoms with Crippen molar-refractivity contribution in [1.29, 1.82) is 0 Å². The van der Waals surface area contributed by atoms with Crippen molar-refractivity contribution in [2.45, 2.75) is 13.2 Å². The fraction of sp³-hybridized carbons (Fsp3) is 0.182. The minimum Gasteiger partial charge on any atom is -0.445 e. The van der Waals surface area contributed by atoms with E-state index in [4.69, 9.17) is 14.3 Å². The smallest absolute Gasteiger partial charge is 0.394 e. The van der Waals surface area contributed by atoms with Gasteiger partial charge in [-0.2, -0.15) is 4.98 Å². The summed E-state index contributed by atoms with van der Waals surface area (Å²) >= 11 is 3.42. The first-order chi connectivity index (χ1) is 7.79. The van der Waals surface area contributed by atoms with Crippen molar-refractivity contribution in [1.82, 2.24) is 4.98 Å². The van der Waals surface area contributed by atoms with Crippen molar-refractivity contribution in [3.63, 3.8) is 0 Å². The highest BCUT2D eigenvalue weighted by atomic mass is 79.9. The Kier molecular flexibility index (Phi) is 3.58. The zero-order valence-corrected chi connectivity index (χ0v) is 9.98. The minimum absolute atomic E-state index is 0.151. The Morgan fingerprint density at radius 2 is 2.19 bits per heavy atom. The number of hydrogen-bond acceptors (Lipinski definition) is 4. The molecule has 2 rings (SSSR count). The van der Waals surface area contributed by atoms with Crippen molar-refractivity contribution in [2.24, 2.45) is 0 Å². The quantitative estimate of drug-likeness (QED) is 0.937. The molecule has 1 N–H and O–H groups in total. The van der Waals surface area contributed by atoms with Crippen LogP contribution >= 0.6 is 15.9 Å². The van der Waals surface area contributed by atoms with Crippen molar-refractivity contribution in [3.05, 3.63) is 46.3 Å². The van der Waals surface area contributed by atoms with Crippen molar-refractivity contribution >= 4 is 15.9 Å². The Hall–Kier alpha value is -1.33. The molecule has 0 unspecified atom stereocenters. The highest BCUT2D eigenvalue weighted by molar-refractivity contribution is 9.10. The van der Waals surface area contributed by atoms with Gasteiger partial charge in [0.05, 0.1) is 6.61 Å². The summed E-state index contributed by atoms with van der Waals surface area (Å²) in [6.45, 7) is 0.217. The molecule has 84 valence electrons. The number of benzene rings is 1. The van der Waals surface area contributed by atoms with Crippen LogP contribution in [0.2, 0.25) is 0 Å². The molecule has 4 nitrogen and oxygen atoms in total. The van der Waals surface area contributed by atoms with Crippen LogP contribution in [0.25, 0.3) is 0 Å². The van der Waals surface area contributed by atoms with Crippen LogP contribution in [0.1, 0.15) is 11.3 Å². The van der Waals surface area contributed by atoms with E-state index in [1.54, 1.807) is 0 Å². The van der Waals surface area contributed by atoms with Gasteiger partial charge in [0.1, 0.15) is 18.6 Å². The van der Waals surface area contributed by atoms with Gasteiger partial charge in [-0.05, 0) is 6.07 Å². The average Bonchev–Trinajstić information content (AvgIpc) is 2.76. The van der Waals surface area contributed by atoms with Crippen molar-refractivity contribution in [3.8, 4) is 6.08 Å². The standard InChI is InChI=1S/C11H10BrNO3/c12-10-4-2-1-3-8(10)6-15-11-13-9(5-14)7-16-11/h1-4,7,14H,5-6H2. The van der Waals surface area contributed by atoms with E-state index in [0.29, 0.717) is 12.3 Å². The van der Waals surface area contributed by atoms with E-state index in [9.17, 15) is 0 Å². The SMILES string of the molecule is OCc1coc(OCc2ccccc2Br)n1. The Balaban J connectivity index is 1.99. The molecule has 0 saturated heterocycles. The monoisotopic (exact) mass is 283 g/mol. The molecule has 2 aromatic rings. The van der Waals surface area contributed by atoms with E-state index in [1.165, 1.54) is 6.26 Å². The summed E-state index contributed by atoms with van der Waals surface area (Å²) in [4.78, 5) is 3.92. The van der Waals surface area contributed by atoms with Crippen molar-refractivity contribution < 1.29 is 14.3 Å². The number of aromatic nitrogens is 1. The first kappa shape index (κ1) is 11.2. The van der Waals surface area contributed by atoms with Crippen LogP contribution in [-0.2, 0) is 13.2 Å². The maximum atomic E-state index is 8.79. The summed E-state index contributed by atoms with van der Waals surface area (Å²) in [7, 11) is 0. The number of ether oxygens (including phenoxy) is 1. The van der Waals surface area contributed by atoms with Gasteiger partial charge in [-0.25, -0.2) is 0 Å². The molecule has 16 heavy (non-hydrogen) atoms. The molecule has 0 atom stereocenters. The lowest BCUT2D eigenvalue weighted by atomic mass is 10.2. The average molecular weight is 284 g/mol. The van der Waals surface area contributed by atoms with Gasteiger partial charge in [-0.1, -0.05) is 34.1 Å². The maximum Gasteiger partial charge on any atom is 0.394 e. The van der Waals surface area contributed by atoms with Gasteiger partial charge in [0.2, 0.25) is 0 Å². The third-order valence-corrected chi connectivity index (χ3v) is 2.78. The highest BCUT2D eigenvalue weighted by Crippen LogP contribution is 2.18. The molecule has 5 heteroatoms. The van der Waals surface area contributed by atoms with Crippen LogP contribution in [0.15, 0.2) is 39.4 Å². The maximum absolute atomic E-state index is 8.79. The second-order valence-corrected chi connectivity index (χ2v) is 4.00. The molecular weight excluding hydrogens is 274 g/mol. The second kappa shape index (κ2) is 5.14. The first-order valence-electron chi connectivity index (χ1n) is 4.71. The molecule has 0 radical (unpaired) electrons. The summed E-state index contributed by atoms with van der Waals surface area (Å²) in [5, 5.41) is 8.79. The van der Waals surface area contributed by atoms with Crippen LogP contribution in [0.4, 0.5) is 0 Å². The summed E-state index contributed by atoms with van der Waals surface area (Å²) < 4.78 is 11.3. The van der Waals surface area contributed by atoms with Crippen LogP contribution in [0.5, 0.6) is 6.08 Å². The summed E-state index contributed by atoms with van der Waals surface area (Å²) in [5.41, 5.74) is 1.47. The zero-order chi connectivity index (χ0) is 11.4. The molecule has 0 fully saturated rings. The van der Waals surface area contributed by atoms with Crippen LogP contribution in [0, 0.1) is 0 Å². The highest BCUT2D eigenvalue weighted by Gasteiger charge is 2.05. The van der Waals surface area contributed by atoms with E-state index in [-0.39, 0.29) is 12.7 Å².